The Morgan fingerprint density at radius 1 is 1.14 bits per heavy atom. The van der Waals surface area contributed by atoms with Gasteiger partial charge in [0.05, 0.1) is 19.8 Å². The molecule has 0 aromatic heterocycles. The van der Waals surface area contributed by atoms with Gasteiger partial charge in [-0.2, -0.15) is 0 Å². The summed E-state index contributed by atoms with van der Waals surface area (Å²) in [4.78, 5) is 4.93. The molecule has 0 spiro atoms. The summed E-state index contributed by atoms with van der Waals surface area (Å²) < 4.78 is 5.38. The maximum Gasteiger partial charge on any atom is 0.0698 e. The molecule has 0 amide bonds. The van der Waals surface area contributed by atoms with Crippen LogP contribution in [-0.4, -0.2) is 62.6 Å². The maximum atomic E-state index is 8.73. The molecule has 3 rings (SSSR count). The number of nitrogens with zero attached hydrogens (tertiary/aromatic N) is 2. The molecular weight excluding hydrogens is 266 g/mol. The molecule has 5 nitrogen and oxygen atoms in total. The number of nitrogens with one attached hydrogen (secondary N) is 1. The van der Waals surface area contributed by atoms with E-state index in [9.17, 15) is 0 Å². The average Bonchev–Trinajstić information content (AvgIpc) is 2.95. The fourth-order valence-electron chi connectivity index (χ4n) is 3.19. The van der Waals surface area contributed by atoms with Crippen LogP contribution in [0, 0.1) is 0 Å². The molecule has 2 heterocycles. The van der Waals surface area contributed by atoms with E-state index in [1.807, 2.05) is 0 Å². The number of aliphatic hydroxyl groups excluding tert-OH is 1. The standard InChI is InChI=1S/C16H25N3O2/c20-9-11-21-10-8-18-12-14-2-1-3-16(15(14)13-18)19-6-4-17-5-7-19/h1-3,17,20H,4-13H2. The molecule has 2 aliphatic heterocycles. The molecule has 5 heteroatoms. The Morgan fingerprint density at radius 3 is 2.81 bits per heavy atom. The fraction of sp³-hybridized carbons (Fsp3) is 0.625. The van der Waals surface area contributed by atoms with Gasteiger partial charge in [-0.15, -0.1) is 0 Å². The topological polar surface area (TPSA) is 48.0 Å². The Bertz CT molecular complexity index is 461. The lowest BCUT2D eigenvalue weighted by molar-refractivity contribution is 0.0731. The monoisotopic (exact) mass is 291 g/mol. The van der Waals surface area contributed by atoms with Crippen LogP contribution in [0.1, 0.15) is 11.1 Å². The number of piperazine rings is 1. The van der Waals surface area contributed by atoms with Crippen molar-refractivity contribution in [3.8, 4) is 0 Å². The van der Waals surface area contributed by atoms with Crippen LogP contribution in [0.15, 0.2) is 18.2 Å². The molecule has 1 fully saturated rings. The molecule has 0 unspecified atom stereocenters. The Kier molecular flexibility index (Phi) is 5.08. The summed E-state index contributed by atoms with van der Waals surface area (Å²) in [7, 11) is 0. The highest BCUT2D eigenvalue weighted by atomic mass is 16.5. The molecular formula is C16H25N3O2. The molecule has 2 N–H and O–H groups in total. The van der Waals surface area contributed by atoms with Crippen LogP contribution in [-0.2, 0) is 17.8 Å². The minimum Gasteiger partial charge on any atom is -0.394 e. The van der Waals surface area contributed by atoms with Crippen LogP contribution >= 0.6 is 0 Å². The Balaban J connectivity index is 1.62. The van der Waals surface area contributed by atoms with Crippen molar-refractivity contribution < 1.29 is 9.84 Å². The Labute approximate surface area is 126 Å². The first kappa shape index (κ1) is 14.8. The van der Waals surface area contributed by atoms with E-state index < -0.39 is 0 Å². The number of hydrogen-bond acceptors (Lipinski definition) is 5. The van der Waals surface area contributed by atoms with Gasteiger partial charge in [0, 0.05) is 51.5 Å². The SMILES string of the molecule is OCCOCCN1Cc2cccc(N3CCNCC3)c2C1. The first-order chi connectivity index (χ1) is 10.4. The van der Waals surface area contributed by atoms with E-state index in [-0.39, 0.29) is 6.61 Å². The molecule has 0 bridgehead atoms. The number of anilines is 1. The maximum absolute atomic E-state index is 8.73. The quantitative estimate of drug-likeness (QED) is 0.744. The lowest BCUT2D eigenvalue weighted by atomic mass is 10.1. The van der Waals surface area contributed by atoms with Crippen molar-refractivity contribution in [1.29, 1.82) is 0 Å². The lowest BCUT2D eigenvalue weighted by Crippen LogP contribution is -2.43. The van der Waals surface area contributed by atoms with Gasteiger partial charge in [-0.1, -0.05) is 12.1 Å². The highest BCUT2D eigenvalue weighted by molar-refractivity contribution is 5.58. The summed E-state index contributed by atoms with van der Waals surface area (Å²) in [5.74, 6) is 0. The van der Waals surface area contributed by atoms with Crippen molar-refractivity contribution in [3.63, 3.8) is 0 Å². The predicted octanol–water partition coefficient (Wildman–Crippen LogP) is 0.421. The lowest BCUT2D eigenvalue weighted by Gasteiger charge is -2.31. The molecule has 1 aromatic carbocycles. The van der Waals surface area contributed by atoms with Gasteiger partial charge in [0.2, 0.25) is 0 Å². The third-order valence-electron chi connectivity index (χ3n) is 4.27. The van der Waals surface area contributed by atoms with Gasteiger partial charge in [-0.3, -0.25) is 4.90 Å². The van der Waals surface area contributed by atoms with Crippen molar-refractivity contribution in [1.82, 2.24) is 10.2 Å². The third-order valence-corrected chi connectivity index (χ3v) is 4.27. The van der Waals surface area contributed by atoms with Crippen molar-refractivity contribution >= 4 is 5.69 Å². The minimum absolute atomic E-state index is 0.105. The molecule has 21 heavy (non-hydrogen) atoms. The zero-order valence-corrected chi connectivity index (χ0v) is 12.6. The average molecular weight is 291 g/mol. The summed E-state index contributed by atoms with van der Waals surface area (Å²) in [6, 6.07) is 6.69. The van der Waals surface area contributed by atoms with Crippen LogP contribution in [0.5, 0.6) is 0 Å². The second-order valence-corrected chi connectivity index (χ2v) is 5.70. The molecule has 0 radical (unpaired) electrons. The fourth-order valence-corrected chi connectivity index (χ4v) is 3.19. The highest BCUT2D eigenvalue weighted by Crippen LogP contribution is 2.31. The summed E-state index contributed by atoms with van der Waals surface area (Å²) in [6.45, 7) is 8.51. The Hall–Kier alpha value is -1.14. The molecule has 116 valence electrons. The molecule has 0 aliphatic carbocycles. The third kappa shape index (κ3) is 3.55. The number of benzene rings is 1. The zero-order chi connectivity index (χ0) is 14.5. The predicted molar refractivity (Wildman–Crippen MR) is 83.5 cm³/mol. The van der Waals surface area contributed by atoms with E-state index in [1.165, 1.54) is 16.8 Å². The van der Waals surface area contributed by atoms with Gasteiger partial charge in [-0.05, 0) is 17.2 Å². The number of hydrogen-bond donors (Lipinski definition) is 2. The van der Waals surface area contributed by atoms with Crippen LogP contribution in [0.3, 0.4) is 0 Å². The summed E-state index contributed by atoms with van der Waals surface area (Å²) in [5.41, 5.74) is 4.35. The molecule has 1 aromatic rings. The van der Waals surface area contributed by atoms with Gasteiger partial charge >= 0.3 is 0 Å². The molecule has 0 atom stereocenters. The van der Waals surface area contributed by atoms with E-state index >= 15 is 0 Å². The first-order valence-electron chi connectivity index (χ1n) is 7.86. The number of rotatable bonds is 6. The van der Waals surface area contributed by atoms with Crippen LogP contribution in [0.4, 0.5) is 5.69 Å². The number of aliphatic hydroxyl groups is 1. The van der Waals surface area contributed by atoms with E-state index in [1.54, 1.807) is 0 Å². The number of ether oxygens (including phenoxy) is 1. The second-order valence-electron chi connectivity index (χ2n) is 5.70. The van der Waals surface area contributed by atoms with Crippen molar-refractivity contribution in [2.45, 2.75) is 13.1 Å². The van der Waals surface area contributed by atoms with Gasteiger partial charge in [0.15, 0.2) is 0 Å². The smallest absolute Gasteiger partial charge is 0.0698 e. The summed E-state index contributed by atoms with van der Waals surface area (Å²) in [5, 5.41) is 12.1. The van der Waals surface area contributed by atoms with E-state index in [4.69, 9.17) is 9.84 Å². The zero-order valence-electron chi connectivity index (χ0n) is 12.6. The summed E-state index contributed by atoms with van der Waals surface area (Å²) in [6.07, 6.45) is 0. The molecule has 1 saturated heterocycles. The van der Waals surface area contributed by atoms with Gasteiger partial charge in [-0.25, -0.2) is 0 Å². The van der Waals surface area contributed by atoms with E-state index in [0.717, 1.165) is 45.8 Å². The van der Waals surface area contributed by atoms with Crippen LogP contribution < -0.4 is 10.2 Å². The van der Waals surface area contributed by atoms with E-state index in [2.05, 4.69) is 33.3 Å². The molecule has 2 aliphatic rings. The second kappa shape index (κ2) is 7.22. The molecule has 0 saturated carbocycles. The minimum atomic E-state index is 0.105. The van der Waals surface area contributed by atoms with Gasteiger partial charge in [0.25, 0.3) is 0 Å². The van der Waals surface area contributed by atoms with Crippen LogP contribution in [0.25, 0.3) is 0 Å². The Morgan fingerprint density at radius 2 is 2.00 bits per heavy atom. The van der Waals surface area contributed by atoms with Crippen LogP contribution in [0.2, 0.25) is 0 Å². The van der Waals surface area contributed by atoms with Crippen molar-refractivity contribution in [2.24, 2.45) is 0 Å². The van der Waals surface area contributed by atoms with Gasteiger partial charge in [0.1, 0.15) is 0 Å². The highest BCUT2D eigenvalue weighted by Gasteiger charge is 2.24. The van der Waals surface area contributed by atoms with Crippen molar-refractivity contribution in [2.75, 3.05) is 57.4 Å². The summed E-state index contributed by atoms with van der Waals surface area (Å²) >= 11 is 0. The van der Waals surface area contributed by atoms with Crippen molar-refractivity contribution in [3.05, 3.63) is 29.3 Å². The van der Waals surface area contributed by atoms with E-state index in [0.29, 0.717) is 13.2 Å². The normalized spacial score (nSPS) is 19.0. The van der Waals surface area contributed by atoms with Gasteiger partial charge < -0.3 is 20.1 Å². The first-order valence-corrected chi connectivity index (χ1v) is 7.86. The largest absolute Gasteiger partial charge is 0.394 e. The number of fused-ring (bicyclic) bond motifs is 1.